The molecular weight excluding hydrogens is 276 g/mol. The SMILES string of the molecule is CC(C)N1CC(C(=O)N2CCOCC2CC(=O)O)CC1=O. The van der Waals surface area contributed by atoms with Crippen molar-refractivity contribution in [2.24, 2.45) is 5.92 Å². The van der Waals surface area contributed by atoms with E-state index >= 15 is 0 Å². The average Bonchev–Trinajstić information content (AvgIpc) is 2.80. The molecule has 0 aliphatic carbocycles. The van der Waals surface area contributed by atoms with Crippen LogP contribution >= 0.6 is 0 Å². The third-order valence-electron chi connectivity index (χ3n) is 4.05. The normalized spacial score (nSPS) is 26.5. The third-order valence-corrected chi connectivity index (χ3v) is 4.05. The first-order valence-corrected chi connectivity index (χ1v) is 7.29. The molecule has 7 nitrogen and oxygen atoms in total. The van der Waals surface area contributed by atoms with Gasteiger partial charge in [0.2, 0.25) is 11.8 Å². The molecule has 2 heterocycles. The first kappa shape index (κ1) is 15.8. The van der Waals surface area contributed by atoms with Gasteiger partial charge in [-0.2, -0.15) is 0 Å². The molecule has 2 rings (SSSR count). The van der Waals surface area contributed by atoms with Crippen LogP contribution in [-0.2, 0) is 19.1 Å². The Bertz CT molecular complexity index is 437. The number of hydrogen-bond acceptors (Lipinski definition) is 4. The minimum atomic E-state index is -0.949. The van der Waals surface area contributed by atoms with Crippen LogP contribution in [0.1, 0.15) is 26.7 Å². The highest BCUT2D eigenvalue weighted by Gasteiger charge is 2.40. The summed E-state index contributed by atoms with van der Waals surface area (Å²) in [6.07, 6.45) is 0.0917. The van der Waals surface area contributed by atoms with E-state index in [-0.39, 0.29) is 43.2 Å². The van der Waals surface area contributed by atoms with E-state index in [0.717, 1.165) is 0 Å². The lowest BCUT2D eigenvalue weighted by atomic mass is 10.0. The summed E-state index contributed by atoms with van der Waals surface area (Å²) in [5.41, 5.74) is 0. The zero-order chi connectivity index (χ0) is 15.6. The quantitative estimate of drug-likeness (QED) is 0.786. The molecule has 2 aliphatic heterocycles. The standard InChI is InChI=1S/C14H22N2O5/c1-9(2)16-7-10(5-12(16)17)14(20)15-3-4-21-8-11(15)6-13(18)19/h9-11H,3-8H2,1-2H3,(H,18,19). The van der Waals surface area contributed by atoms with E-state index in [4.69, 9.17) is 9.84 Å². The molecule has 7 heteroatoms. The second-order valence-electron chi connectivity index (χ2n) is 5.90. The van der Waals surface area contributed by atoms with Gasteiger partial charge in [0.15, 0.2) is 0 Å². The second kappa shape index (κ2) is 6.43. The molecule has 2 unspecified atom stereocenters. The summed E-state index contributed by atoms with van der Waals surface area (Å²) in [6, 6.07) is -0.359. The minimum absolute atomic E-state index is 0.00797. The lowest BCUT2D eigenvalue weighted by Crippen LogP contribution is -2.51. The molecule has 2 amide bonds. The van der Waals surface area contributed by atoms with Crippen molar-refractivity contribution in [3.63, 3.8) is 0 Å². The van der Waals surface area contributed by atoms with Crippen molar-refractivity contribution in [1.29, 1.82) is 0 Å². The molecule has 2 aliphatic rings. The van der Waals surface area contributed by atoms with Gasteiger partial charge in [-0.1, -0.05) is 0 Å². The Labute approximate surface area is 123 Å². The minimum Gasteiger partial charge on any atom is -0.481 e. The van der Waals surface area contributed by atoms with Crippen molar-refractivity contribution in [3.8, 4) is 0 Å². The van der Waals surface area contributed by atoms with Crippen LogP contribution in [0.15, 0.2) is 0 Å². The summed E-state index contributed by atoms with van der Waals surface area (Å²) in [5.74, 6) is -1.45. The smallest absolute Gasteiger partial charge is 0.305 e. The Morgan fingerprint density at radius 2 is 2.14 bits per heavy atom. The third kappa shape index (κ3) is 3.53. The van der Waals surface area contributed by atoms with Gasteiger partial charge in [0.1, 0.15) is 0 Å². The average molecular weight is 298 g/mol. The lowest BCUT2D eigenvalue weighted by Gasteiger charge is -2.36. The van der Waals surface area contributed by atoms with Crippen molar-refractivity contribution in [1.82, 2.24) is 9.80 Å². The number of rotatable bonds is 4. The number of carbonyl (C=O) groups is 3. The summed E-state index contributed by atoms with van der Waals surface area (Å²) in [5, 5.41) is 8.93. The number of aliphatic carboxylic acids is 1. The van der Waals surface area contributed by atoms with Gasteiger partial charge in [-0.25, -0.2) is 0 Å². The molecule has 2 atom stereocenters. The second-order valence-corrected chi connectivity index (χ2v) is 5.90. The number of carbonyl (C=O) groups excluding carboxylic acids is 2. The number of carboxylic acids is 1. The summed E-state index contributed by atoms with van der Waals surface area (Å²) in [6.45, 7) is 5.32. The number of amides is 2. The van der Waals surface area contributed by atoms with Crippen molar-refractivity contribution in [2.45, 2.75) is 38.8 Å². The zero-order valence-corrected chi connectivity index (χ0v) is 12.4. The van der Waals surface area contributed by atoms with E-state index in [2.05, 4.69) is 0 Å². The maximum Gasteiger partial charge on any atom is 0.305 e. The molecule has 1 N–H and O–H groups in total. The first-order valence-electron chi connectivity index (χ1n) is 7.29. The van der Waals surface area contributed by atoms with Crippen LogP contribution in [0.2, 0.25) is 0 Å². The Morgan fingerprint density at radius 1 is 1.43 bits per heavy atom. The fourth-order valence-electron chi connectivity index (χ4n) is 2.95. The Kier molecular flexibility index (Phi) is 4.82. The maximum atomic E-state index is 12.6. The predicted octanol–water partition coefficient (Wildman–Crippen LogP) is -0.0546. The number of ether oxygens (including phenoxy) is 1. The van der Waals surface area contributed by atoms with Gasteiger partial charge in [0, 0.05) is 25.6 Å². The number of morpholine rings is 1. The van der Waals surface area contributed by atoms with E-state index < -0.39 is 12.0 Å². The van der Waals surface area contributed by atoms with E-state index in [1.54, 1.807) is 9.80 Å². The van der Waals surface area contributed by atoms with Crippen LogP contribution in [0, 0.1) is 5.92 Å². The molecular formula is C14H22N2O5. The fraction of sp³-hybridized carbons (Fsp3) is 0.786. The first-order chi connectivity index (χ1) is 9.90. The Hall–Kier alpha value is -1.63. The number of carboxylic acid groups (broad SMARTS) is 1. The van der Waals surface area contributed by atoms with Gasteiger partial charge < -0.3 is 19.6 Å². The summed E-state index contributed by atoms with van der Waals surface area (Å²) in [7, 11) is 0. The Balaban J connectivity index is 2.04. The largest absolute Gasteiger partial charge is 0.481 e. The molecule has 0 saturated carbocycles. The molecule has 2 saturated heterocycles. The monoisotopic (exact) mass is 298 g/mol. The number of likely N-dealkylation sites (tertiary alicyclic amines) is 1. The van der Waals surface area contributed by atoms with Crippen LogP contribution < -0.4 is 0 Å². The van der Waals surface area contributed by atoms with Crippen LogP contribution in [-0.4, -0.2) is 71.1 Å². The van der Waals surface area contributed by atoms with Crippen LogP contribution in [0.3, 0.4) is 0 Å². The van der Waals surface area contributed by atoms with Crippen molar-refractivity contribution in [3.05, 3.63) is 0 Å². The summed E-state index contributed by atoms with van der Waals surface area (Å²) in [4.78, 5) is 38.7. The highest BCUT2D eigenvalue weighted by Crippen LogP contribution is 2.24. The van der Waals surface area contributed by atoms with Crippen molar-refractivity contribution < 1.29 is 24.2 Å². The lowest BCUT2D eigenvalue weighted by molar-refractivity contribution is -0.149. The van der Waals surface area contributed by atoms with Crippen LogP contribution in [0.25, 0.3) is 0 Å². The van der Waals surface area contributed by atoms with E-state index in [9.17, 15) is 14.4 Å². The molecule has 2 fully saturated rings. The van der Waals surface area contributed by atoms with Crippen molar-refractivity contribution in [2.75, 3.05) is 26.3 Å². The van der Waals surface area contributed by atoms with E-state index in [1.165, 1.54) is 0 Å². The van der Waals surface area contributed by atoms with E-state index in [0.29, 0.717) is 19.7 Å². The topological polar surface area (TPSA) is 87.2 Å². The van der Waals surface area contributed by atoms with Crippen molar-refractivity contribution >= 4 is 17.8 Å². The van der Waals surface area contributed by atoms with Gasteiger partial charge in [0.05, 0.1) is 31.6 Å². The number of hydrogen-bond donors (Lipinski definition) is 1. The van der Waals surface area contributed by atoms with Gasteiger partial charge in [0.25, 0.3) is 0 Å². The summed E-state index contributed by atoms with van der Waals surface area (Å²) >= 11 is 0. The van der Waals surface area contributed by atoms with E-state index in [1.807, 2.05) is 13.8 Å². The highest BCUT2D eigenvalue weighted by molar-refractivity contribution is 5.89. The highest BCUT2D eigenvalue weighted by atomic mass is 16.5. The molecule has 21 heavy (non-hydrogen) atoms. The molecule has 0 aromatic carbocycles. The van der Waals surface area contributed by atoms with Gasteiger partial charge in [-0.3, -0.25) is 14.4 Å². The fourth-order valence-corrected chi connectivity index (χ4v) is 2.95. The van der Waals surface area contributed by atoms with Gasteiger partial charge in [-0.05, 0) is 13.8 Å². The number of nitrogens with zero attached hydrogens (tertiary/aromatic N) is 2. The van der Waals surface area contributed by atoms with Crippen LogP contribution in [0.4, 0.5) is 0 Å². The molecule has 118 valence electrons. The molecule has 0 spiro atoms. The van der Waals surface area contributed by atoms with Gasteiger partial charge >= 0.3 is 5.97 Å². The van der Waals surface area contributed by atoms with Gasteiger partial charge in [-0.15, -0.1) is 0 Å². The Morgan fingerprint density at radius 3 is 2.71 bits per heavy atom. The maximum absolute atomic E-state index is 12.6. The zero-order valence-electron chi connectivity index (χ0n) is 12.4. The predicted molar refractivity (Wildman–Crippen MR) is 73.5 cm³/mol. The molecule has 0 bridgehead atoms. The molecule has 0 aromatic heterocycles. The molecule has 0 radical (unpaired) electrons. The molecule has 0 aromatic rings. The summed E-state index contributed by atoms with van der Waals surface area (Å²) < 4.78 is 5.27. The van der Waals surface area contributed by atoms with Crippen LogP contribution in [0.5, 0.6) is 0 Å².